The Bertz CT molecular complexity index is 834. The van der Waals surface area contributed by atoms with E-state index in [0.717, 1.165) is 0 Å². The van der Waals surface area contributed by atoms with Gasteiger partial charge in [0.05, 0.1) is 20.4 Å². The number of phenols is 1. The van der Waals surface area contributed by atoms with E-state index < -0.39 is 17.7 Å². The summed E-state index contributed by atoms with van der Waals surface area (Å²) in [5.74, 6) is -1.00. The number of amides is 2. The van der Waals surface area contributed by atoms with Crippen LogP contribution in [-0.4, -0.2) is 37.4 Å². The van der Waals surface area contributed by atoms with E-state index in [2.05, 4.69) is 15.8 Å². The fourth-order valence-electron chi connectivity index (χ4n) is 2.09. The Morgan fingerprint density at radius 2 is 1.78 bits per heavy atom. The number of ether oxygens (including phenoxy) is 2. The number of anilines is 1. The Morgan fingerprint density at radius 3 is 2.41 bits per heavy atom. The van der Waals surface area contributed by atoms with Crippen LogP contribution in [0.15, 0.2) is 47.6 Å². The second-order valence-corrected chi connectivity index (χ2v) is 5.60. The molecule has 0 aliphatic carbocycles. The number of hydrogen-bond donors (Lipinski definition) is 3. The van der Waals surface area contributed by atoms with E-state index in [0.29, 0.717) is 17.0 Å². The zero-order chi connectivity index (χ0) is 19.8. The molecule has 27 heavy (non-hydrogen) atoms. The first kappa shape index (κ1) is 19.8. The van der Waals surface area contributed by atoms with E-state index in [1.807, 2.05) is 0 Å². The number of nitrogens with zero attached hydrogens (tertiary/aromatic N) is 1. The second-order valence-electron chi connectivity index (χ2n) is 5.60. The van der Waals surface area contributed by atoms with Crippen LogP contribution in [0, 0.1) is 5.92 Å². The summed E-state index contributed by atoms with van der Waals surface area (Å²) < 4.78 is 10.0. The van der Waals surface area contributed by atoms with Gasteiger partial charge in [0.25, 0.3) is 5.91 Å². The van der Waals surface area contributed by atoms with E-state index >= 15 is 0 Å². The van der Waals surface area contributed by atoms with Crippen LogP contribution in [0.5, 0.6) is 17.2 Å². The summed E-state index contributed by atoms with van der Waals surface area (Å²) >= 11 is 0. The maximum absolute atomic E-state index is 12.2. The largest absolute Gasteiger partial charge is 0.504 e. The summed E-state index contributed by atoms with van der Waals surface area (Å²) in [5, 5.41) is 16.0. The van der Waals surface area contributed by atoms with Crippen molar-refractivity contribution in [3.05, 3.63) is 48.0 Å². The molecule has 1 unspecified atom stereocenters. The first-order chi connectivity index (χ1) is 12.9. The van der Waals surface area contributed by atoms with E-state index in [4.69, 9.17) is 9.47 Å². The van der Waals surface area contributed by atoms with Crippen LogP contribution in [0.4, 0.5) is 5.69 Å². The molecule has 8 nitrogen and oxygen atoms in total. The molecule has 0 aromatic heterocycles. The zero-order valence-corrected chi connectivity index (χ0v) is 15.2. The summed E-state index contributed by atoms with van der Waals surface area (Å²) in [6.45, 7) is 1.48. The molecule has 0 fully saturated rings. The molecule has 3 N–H and O–H groups in total. The van der Waals surface area contributed by atoms with Crippen molar-refractivity contribution in [3.63, 3.8) is 0 Å². The van der Waals surface area contributed by atoms with Crippen LogP contribution in [0.25, 0.3) is 0 Å². The lowest BCUT2D eigenvalue weighted by Crippen LogP contribution is -2.34. The average Bonchev–Trinajstić information content (AvgIpc) is 2.69. The third-order valence-electron chi connectivity index (χ3n) is 3.74. The number of carbonyl (C=O) groups excluding carboxylic acids is 2. The van der Waals surface area contributed by atoms with Crippen LogP contribution < -0.4 is 20.2 Å². The number of rotatable bonds is 7. The van der Waals surface area contributed by atoms with Crippen LogP contribution in [0.1, 0.15) is 12.5 Å². The van der Waals surface area contributed by atoms with Gasteiger partial charge in [0.2, 0.25) is 5.91 Å². The Hall–Kier alpha value is -3.55. The summed E-state index contributed by atoms with van der Waals surface area (Å²) in [6, 6.07) is 11.4. The van der Waals surface area contributed by atoms with Gasteiger partial charge in [0, 0.05) is 5.69 Å². The molecule has 0 bridgehead atoms. The van der Waals surface area contributed by atoms with Gasteiger partial charge in [-0.3, -0.25) is 9.59 Å². The number of hydrogen-bond acceptors (Lipinski definition) is 6. The van der Waals surface area contributed by atoms with Crippen molar-refractivity contribution in [2.24, 2.45) is 11.0 Å². The molecule has 142 valence electrons. The lowest BCUT2D eigenvalue weighted by Gasteiger charge is -2.11. The predicted molar refractivity (Wildman–Crippen MR) is 101 cm³/mol. The molecule has 2 amide bonds. The molecule has 2 aromatic carbocycles. The number of benzene rings is 2. The van der Waals surface area contributed by atoms with Crippen molar-refractivity contribution in [1.82, 2.24) is 5.43 Å². The van der Waals surface area contributed by atoms with E-state index in [1.54, 1.807) is 43.5 Å². The van der Waals surface area contributed by atoms with Crippen molar-refractivity contribution in [2.45, 2.75) is 6.92 Å². The lowest BCUT2D eigenvalue weighted by molar-refractivity contribution is -0.131. The normalized spacial score (nSPS) is 11.7. The lowest BCUT2D eigenvalue weighted by atomic mass is 10.1. The topological polar surface area (TPSA) is 109 Å². The highest BCUT2D eigenvalue weighted by Gasteiger charge is 2.21. The Morgan fingerprint density at radius 1 is 1.07 bits per heavy atom. The quantitative estimate of drug-likeness (QED) is 0.392. The highest BCUT2D eigenvalue weighted by atomic mass is 16.5. The molecular weight excluding hydrogens is 350 g/mol. The van der Waals surface area contributed by atoms with Crippen molar-refractivity contribution in [3.8, 4) is 17.2 Å². The Labute approximate surface area is 156 Å². The fraction of sp³-hybridized carbons (Fsp3) is 0.211. The van der Waals surface area contributed by atoms with Gasteiger partial charge in [-0.2, -0.15) is 5.10 Å². The summed E-state index contributed by atoms with van der Waals surface area (Å²) in [6.07, 6.45) is 1.38. The van der Waals surface area contributed by atoms with Gasteiger partial charge in [0.15, 0.2) is 11.5 Å². The van der Waals surface area contributed by atoms with Crippen molar-refractivity contribution in [1.29, 1.82) is 0 Å². The van der Waals surface area contributed by atoms with Crippen LogP contribution in [0.2, 0.25) is 0 Å². The first-order valence-electron chi connectivity index (χ1n) is 8.09. The van der Waals surface area contributed by atoms with Gasteiger partial charge in [-0.25, -0.2) is 5.43 Å². The molecular formula is C19H21N3O5. The minimum absolute atomic E-state index is 0.00232. The molecule has 0 aliphatic heterocycles. The molecule has 2 rings (SSSR count). The summed E-state index contributed by atoms with van der Waals surface area (Å²) in [7, 11) is 2.98. The van der Waals surface area contributed by atoms with Gasteiger partial charge < -0.3 is 19.9 Å². The van der Waals surface area contributed by atoms with Crippen molar-refractivity contribution < 1.29 is 24.2 Å². The molecule has 1 atom stereocenters. The van der Waals surface area contributed by atoms with Crippen LogP contribution >= 0.6 is 0 Å². The molecule has 8 heteroatoms. The molecule has 2 aromatic rings. The minimum atomic E-state index is -0.946. The highest BCUT2D eigenvalue weighted by Crippen LogP contribution is 2.25. The van der Waals surface area contributed by atoms with Gasteiger partial charge in [-0.05, 0) is 55.0 Å². The van der Waals surface area contributed by atoms with E-state index in [9.17, 15) is 14.7 Å². The van der Waals surface area contributed by atoms with Crippen LogP contribution in [0.3, 0.4) is 0 Å². The Kier molecular flexibility index (Phi) is 6.76. The number of aromatic hydroxyl groups is 1. The summed E-state index contributed by atoms with van der Waals surface area (Å²) in [5.41, 5.74) is 3.48. The van der Waals surface area contributed by atoms with Gasteiger partial charge >= 0.3 is 0 Å². The van der Waals surface area contributed by atoms with Crippen molar-refractivity contribution in [2.75, 3.05) is 19.5 Å². The predicted octanol–water partition coefficient (Wildman–Crippen LogP) is 2.13. The molecule has 0 radical (unpaired) electrons. The smallest absolute Gasteiger partial charge is 0.252 e. The number of carbonyl (C=O) groups is 2. The van der Waals surface area contributed by atoms with Crippen LogP contribution in [-0.2, 0) is 9.59 Å². The number of methoxy groups -OCH3 is 2. The molecule has 0 spiro atoms. The van der Waals surface area contributed by atoms with E-state index in [1.165, 1.54) is 26.3 Å². The first-order valence-corrected chi connectivity index (χ1v) is 8.09. The highest BCUT2D eigenvalue weighted by molar-refractivity contribution is 6.06. The number of phenolic OH excluding ortho intramolecular Hbond substituents is 1. The van der Waals surface area contributed by atoms with Crippen molar-refractivity contribution >= 4 is 23.7 Å². The standard InChI is InChI=1S/C19H21N3O5/c1-12(18(24)21-14-5-7-15(26-2)8-6-14)19(25)22-20-11-13-4-9-16(23)17(10-13)27-3/h4-12,23H,1-3H3,(H,21,24)(H,22,25). The van der Waals surface area contributed by atoms with Gasteiger partial charge in [-0.15, -0.1) is 0 Å². The summed E-state index contributed by atoms with van der Waals surface area (Å²) in [4.78, 5) is 24.2. The zero-order valence-electron chi connectivity index (χ0n) is 15.2. The minimum Gasteiger partial charge on any atom is -0.504 e. The maximum atomic E-state index is 12.2. The molecule has 0 saturated carbocycles. The fourth-order valence-corrected chi connectivity index (χ4v) is 2.09. The third kappa shape index (κ3) is 5.46. The SMILES string of the molecule is COc1ccc(NC(=O)C(C)C(=O)NN=Cc2ccc(O)c(OC)c2)cc1. The Balaban J connectivity index is 1.91. The van der Waals surface area contributed by atoms with Gasteiger partial charge in [0.1, 0.15) is 11.7 Å². The maximum Gasteiger partial charge on any atom is 0.252 e. The number of nitrogens with one attached hydrogen (secondary N) is 2. The monoisotopic (exact) mass is 371 g/mol. The molecule has 0 saturated heterocycles. The second kappa shape index (κ2) is 9.23. The van der Waals surface area contributed by atoms with E-state index in [-0.39, 0.29) is 11.5 Å². The third-order valence-corrected chi connectivity index (χ3v) is 3.74. The molecule has 0 aliphatic rings. The van der Waals surface area contributed by atoms with Gasteiger partial charge in [-0.1, -0.05) is 0 Å². The number of hydrazone groups is 1. The molecule has 0 heterocycles. The average molecular weight is 371 g/mol.